The van der Waals surface area contributed by atoms with Crippen LogP contribution in [0.15, 0.2) is 48.5 Å². The van der Waals surface area contributed by atoms with E-state index in [-0.39, 0.29) is 6.04 Å². The molecule has 4 N–H and O–H groups in total. The molecule has 2 unspecified atom stereocenters. The maximum absolute atomic E-state index is 10.7. The largest absolute Gasteiger partial charge is 0.497 e. The van der Waals surface area contributed by atoms with Gasteiger partial charge in [-0.05, 0) is 48.7 Å². The first kappa shape index (κ1) is 18.8. The molecule has 134 valence electrons. The van der Waals surface area contributed by atoms with E-state index in [0.717, 1.165) is 12.2 Å². The second-order valence-electron chi connectivity index (χ2n) is 5.93. The van der Waals surface area contributed by atoms with Crippen LogP contribution in [0.25, 0.3) is 0 Å². The van der Waals surface area contributed by atoms with Crippen LogP contribution in [0.4, 0.5) is 10.5 Å². The lowest BCUT2D eigenvalue weighted by Crippen LogP contribution is -2.32. The number of carboxylic acid groups (broad SMARTS) is 1. The molecular formula is C19H24N2O4. The first-order valence-electron chi connectivity index (χ1n) is 8.12. The van der Waals surface area contributed by atoms with Crippen molar-refractivity contribution in [2.24, 2.45) is 0 Å². The standard InChI is InChI=1S/C19H24N2O4/c1-13(10-14-6-8-17(25-2)9-7-14)20-12-18(22)15-4-3-5-16(11-15)21-19(23)24/h3-9,11,13,18,20-22H,10,12H2,1-2H3,(H,23,24). The minimum absolute atomic E-state index is 0.184. The van der Waals surface area contributed by atoms with Gasteiger partial charge in [-0.15, -0.1) is 0 Å². The molecule has 0 radical (unpaired) electrons. The summed E-state index contributed by atoms with van der Waals surface area (Å²) in [4.78, 5) is 10.7. The number of anilines is 1. The molecule has 0 fully saturated rings. The second-order valence-corrected chi connectivity index (χ2v) is 5.93. The van der Waals surface area contributed by atoms with Gasteiger partial charge in [0.1, 0.15) is 5.75 Å². The zero-order valence-corrected chi connectivity index (χ0v) is 14.4. The molecule has 0 bridgehead atoms. The van der Waals surface area contributed by atoms with Crippen molar-refractivity contribution < 1.29 is 19.7 Å². The van der Waals surface area contributed by atoms with E-state index in [9.17, 15) is 9.90 Å². The van der Waals surface area contributed by atoms with Crippen molar-refractivity contribution in [2.75, 3.05) is 19.0 Å². The summed E-state index contributed by atoms with van der Waals surface area (Å²) in [5.41, 5.74) is 2.29. The highest BCUT2D eigenvalue weighted by Crippen LogP contribution is 2.18. The summed E-state index contributed by atoms with van der Waals surface area (Å²) in [6.07, 6.45) is -1.01. The third-order valence-corrected chi connectivity index (χ3v) is 3.88. The molecule has 0 saturated heterocycles. The quantitative estimate of drug-likeness (QED) is 0.591. The Morgan fingerprint density at radius 3 is 2.56 bits per heavy atom. The zero-order valence-electron chi connectivity index (χ0n) is 14.4. The average Bonchev–Trinajstić information content (AvgIpc) is 2.60. The summed E-state index contributed by atoms with van der Waals surface area (Å²) in [5.74, 6) is 0.828. The van der Waals surface area contributed by atoms with E-state index >= 15 is 0 Å². The zero-order chi connectivity index (χ0) is 18.2. The predicted octanol–water partition coefficient (Wildman–Crippen LogP) is 3.04. The molecule has 2 aromatic rings. The number of ether oxygens (including phenoxy) is 1. The van der Waals surface area contributed by atoms with Gasteiger partial charge < -0.3 is 20.3 Å². The van der Waals surface area contributed by atoms with E-state index in [1.165, 1.54) is 5.56 Å². The molecule has 1 amide bonds. The number of hydrogen-bond acceptors (Lipinski definition) is 4. The summed E-state index contributed by atoms with van der Waals surface area (Å²) in [6, 6.07) is 14.8. The van der Waals surface area contributed by atoms with Gasteiger partial charge in [0.05, 0.1) is 13.2 Å². The van der Waals surface area contributed by atoms with Crippen LogP contribution in [0.5, 0.6) is 5.75 Å². The first-order chi connectivity index (χ1) is 12.0. The lowest BCUT2D eigenvalue weighted by atomic mass is 10.1. The Labute approximate surface area is 147 Å². The number of nitrogens with one attached hydrogen (secondary N) is 2. The van der Waals surface area contributed by atoms with Gasteiger partial charge in [-0.1, -0.05) is 24.3 Å². The van der Waals surface area contributed by atoms with Gasteiger partial charge in [-0.25, -0.2) is 4.79 Å². The Balaban J connectivity index is 1.85. The van der Waals surface area contributed by atoms with Crippen molar-refractivity contribution in [1.29, 1.82) is 0 Å². The Bertz CT molecular complexity index is 688. The maximum Gasteiger partial charge on any atom is 0.409 e. The average molecular weight is 344 g/mol. The monoisotopic (exact) mass is 344 g/mol. The van der Waals surface area contributed by atoms with E-state index in [1.807, 2.05) is 24.3 Å². The van der Waals surface area contributed by atoms with Crippen LogP contribution >= 0.6 is 0 Å². The maximum atomic E-state index is 10.7. The van der Waals surface area contributed by atoms with Crippen LogP contribution in [0.1, 0.15) is 24.2 Å². The Morgan fingerprint density at radius 2 is 1.92 bits per heavy atom. The lowest BCUT2D eigenvalue weighted by Gasteiger charge is -2.18. The van der Waals surface area contributed by atoms with E-state index in [2.05, 4.69) is 17.6 Å². The molecule has 0 heterocycles. The molecule has 0 aliphatic carbocycles. The highest BCUT2D eigenvalue weighted by Gasteiger charge is 2.11. The summed E-state index contributed by atoms with van der Waals surface area (Å²) < 4.78 is 5.15. The van der Waals surface area contributed by atoms with Crippen molar-refractivity contribution in [2.45, 2.75) is 25.5 Å². The summed E-state index contributed by atoms with van der Waals surface area (Å²) in [6.45, 7) is 2.44. The smallest absolute Gasteiger partial charge is 0.409 e. The third-order valence-electron chi connectivity index (χ3n) is 3.88. The van der Waals surface area contributed by atoms with Crippen molar-refractivity contribution in [3.8, 4) is 5.75 Å². The Hall–Kier alpha value is -2.57. The molecule has 0 aromatic heterocycles. The minimum Gasteiger partial charge on any atom is -0.497 e. The van der Waals surface area contributed by atoms with Gasteiger partial charge in [0.25, 0.3) is 0 Å². The van der Waals surface area contributed by atoms with Gasteiger partial charge in [-0.2, -0.15) is 0 Å². The van der Waals surface area contributed by atoms with Gasteiger partial charge in [0.15, 0.2) is 0 Å². The van der Waals surface area contributed by atoms with Crippen LogP contribution in [0.3, 0.4) is 0 Å². The Morgan fingerprint density at radius 1 is 1.20 bits per heavy atom. The van der Waals surface area contributed by atoms with Crippen LogP contribution < -0.4 is 15.4 Å². The van der Waals surface area contributed by atoms with Gasteiger partial charge in [-0.3, -0.25) is 5.32 Å². The summed E-state index contributed by atoms with van der Waals surface area (Å²) >= 11 is 0. The summed E-state index contributed by atoms with van der Waals surface area (Å²) in [5, 5.41) is 24.6. The molecule has 2 rings (SSSR count). The van der Waals surface area contributed by atoms with E-state index < -0.39 is 12.2 Å². The summed E-state index contributed by atoms with van der Waals surface area (Å²) in [7, 11) is 1.64. The normalized spacial score (nSPS) is 13.1. The number of rotatable bonds is 8. The highest BCUT2D eigenvalue weighted by molar-refractivity contribution is 5.82. The Kier molecular flexibility index (Phi) is 6.80. The SMILES string of the molecule is COc1ccc(CC(C)NCC(O)c2cccc(NC(=O)O)c2)cc1. The molecular weight excluding hydrogens is 320 g/mol. The van der Waals surface area contributed by atoms with Gasteiger partial charge in [0.2, 0.25) is 0 Å². The number of aliphatic hydroxyl groups excluding tert-OH is 1. The third kappa shape index (κ3) is 6.10. The molecule has 2 aromatic carbocycles. The second kappa shape index (κ2) is 9.05. The lowest BCUT2D eigenvalue weighted by molar-refractivity contribution is 0.170. The van der Waals surface area contributed by atoms with E-state index in [0.29, 0.717) is 17.8 Å². The number of benzene rings is 2. The van der Waals surface area contributed by atoms with Crippen LogP contribution in [-0.4, -0.2) is 36.0 Å². The van der Waals surface area contributed by atoms with Crippen molar-refractivity contribution in [3.05, 3.63) is 59.7 Å². The van der Waals surface area contributed by atoms with Crippen LogP contribution in [0.2, 0.25) is 0 Å². The van der Waals surface area contributed by atoms with Gasteiger partial charge in [0, 0.05) is 18.3 Å². The number of carbonyl (C=O) groups is 1. The first-order valence-corrected chi connectivity index (χ1v) is 8.12. The topological polar surface area (TPSA) is 90.8 Å². The predicted molar refractivity (Wildman–Crippen MR) is 97.2 cm³/mol. The van der Waals surface area contributed by atoms with Crippen molar-refractivity contribution in [3.63, 3.8) is 0 Å². The highest BCUT2D eigenvalue weighted by atomic mass is 16.5. The van der Waals surface area contributed by atoms with Crippen molar-refractivity contribution in [1.82, 2.24) is 5.32 Å². The fraction of sp³-hybridized carbons (Fsp3) is 0.316. The number of aliphatic hydroxyl groups is 1. The molecule has 0 aliphatic rings. The molecule has 2 atom stereocenters. The number of methoxy groups -OCH3 is 1. The fourth-order valence-electron chi connectivity index (χ4n) is 2.57. The van der Waals surface area contributed by atoms with Gasteiger partial charge >= 0.3 is 6.09 Å². The molecule has 6 heteroatoms. The molecule has 0 spiro atoms. The fourth-order valence-corrected chi connectivity index (χ4v) is 2.57. The minimum atomic E-state index is -1.13. The number of hydrogen-bond donors (Lipinski definition) is 4. The van der Waals surface area contributed by atoms with Crippen LogP contribution in [0, 0.1) is 0 Å². The molecule has 0 saturated carbocycles. The van der Waals surface area contributed by atoms with Crippen LogP contribution in [-0.2, 0) is 6.42 Å². The van der Waals surface area contributed by atoms with E-state index in [1.54, 1.807) is 31.4 Å². The van der Waals surface area contributed by atoms with E-state index in [4.69, 9.17) is 9.84 Å². The van der Waals surface area contributed by atoms with Crippen molar-refractivity contribution >= 4 is 11.8 Å². The molecule has 6 nitrogen and oxygen atoms in total. The molecule has 0 aliphatic heterocycles. The molecule has 25 heavy (non-hydrogen) atoms. The number of amides is 1.